The quantitative estimate of drug-likeness (QED) is 0.569. The van der Waals surface area contributed by atoms with E-state index in [1.165, 1.54) is 4.31 Å². The van der Waals surface area contributed by atoms with Gasteiger partial charge in [0.15, 0.2) is 0 Å². The van der Waals surface area contributed by atoms with Gasteiger partial charge in [0.2, 0.25) is 0 Å². The van der Waals surface area contributed by atoms with Gasteiger partial charge in [0, 0.05) is 19.1 Å². The molecule has 5 nitrogen and oxygen atoms in total. The van der Waals surface area contributed by atoms with Crippen LogP contribution in [0.4, 0.5) is 0 Å². The lowest BCUT2D eigenvalue weighted by Crippen LogP contribution is -2.50. The molecule has 2 atom stereocenters. The fraction of sp³-hybridized carbons (Fsp3) is 1.00. The first-order valence-corrected chi connectivity index (χ1v) is 6.09. The van der Waals surface area contributed by atoms with Crippen LogP contribution in [0.15, 0.2) is 0 Å². The van der Waals surface area contributed by atoms with E-state index in [1.54, 1.807) is 0 Å². The molecule has 2 unspecified atom stereocenters. The van der Waals surface area contributed by atoms with Crippen molar-refractivity contribution in [1.82, 2.24) is 9.62 Å². The first-order chi connectivity index (χ1) is 6.09. The van der Waals surface area contributed by atoms with Gasteiger partial charge in [0.1, 0.15) is 0 Å². The highest BCUT2D eigenvalue weighted by molar-refractivity contribution is 7.86. The zero-order valence-electron chi connectivity index (χ0n) is 7.44. The minimum absolute atomic E-state index is 0.101. The molecule has 13 heavy (non-hydrogen) atoms. The molecule has 6 heteroatoms. The molecular weight excluding hydrogens is 190 g/mol. The molecule has 2 saturated heterocycles. The van der Waals surface area contributed by atoms with Gasteiger partial charge in [-0.15, -0.1) is 0 Å². The summed E-state index contributed by atoms with van der Waals surface area (Å²) in [6.45, 7) is 2.26. The first kappa shape index (κ1) is 9.39. The Labute approximate surface area is 78.5 Å². The summed E-state index contributed by atoms with van der Waals surface area (Å²) < 4.78 is 23.9. The van der Waals surface area contributed by atoms with Crippen LogP contribution in [0, 0.1) is 5.92 Å². The molecule has 2 aliphatic rings. The van der Waals surface area contributed by atoms with E-state index in [1.807, 2.05) is 0 Å². The van der Waals surface area contributed by atoms with Crippen molar-refractivity contribution in [1.29, 1.82) is 0 Å². The molecule has 0 aromatic carbocycles. The molecule has 0 radical (unpaired) electrons. The van der Waals surface area contributed by atoms with Gasteiger partial charge in [0.25, 0.3) is 10.2 Å². The number of fused-ring (bicyclic) bond motifs is 1. The summed E-state index contributed by atoms with van der Waals surface area (Å²) in [4.78, 5) is 0. The van der Waals surface area contributed by atoms with Crippen molar-refractivity contribution in [3.8, 4) is 0 Å². The smallest absolute Gasteiger partial charge is 0.277 e. The molecular formula is C7H15N3O2S. The maximum atomic E-state index is 11.2. The Bertz CT molecular complexity index is 290. The molecule has 0 bridgehead atoms. The summed E-state index contributed by atoms with van der Waals surface area (Å²) in [5, 5.41) is 8.34. The van der Waals surface area contributed by atoms with Gasteiger partial charge in [-0.1, -0.05) is 0 Å². The molecule has 2 heterocycles. The Morgan fingerprint density at radius 2 is 2.15 bits per heavy atom. The molecule has 0 amide bonds. The SMILES string of the molecule is NS(=O)(=O)N1CCCC2CNCC21. The molecule has 2 rings (SSSR count). The molecule has 0 aliphatic carbocycles. The number of rotatable bonds is 1. The average molecular weight is 205 g/mol. The Balaban J connectivity index is 2.19. The van der Waals surface area contributed by atoms with E-state index in [4.69, 9.17) is 5.14 Å². The molecule has 76 valence electrons. The number of hydrogen-bond donors (Lipinski definition) is 2. The number of nitrogens with one attached hydrogen (secondary N) is 1. The second-order valence-electron chi connectivity index (χ2n) is 3.78. The highest BCUT2D eigenvalue weighted by Crippen LogP contribution is 2.27. The monoisotopic (exact) mass is 205 g/mol. The van der Waals surface area contributed by atoms with Crippen LogP contribution in [0.2, 0.25) is 0 Å². The third kappa shape index (κ3) is 1.71. The third-order valence-corrected chi connectivity index (χ3v) is 4.06. The van der Waals surface area contributed by atoms with Gasteiger partial charge in [0.05, 0.1) is 0 Å². The minimum atomic E-state index is -3.49. The van der Waals surface area contributed by atoms with E-state index in [-0.39, 0.29) is 6.04 Å². The standard InChI is InChI=1S/C7H15N3O2S/c8-13(11,12)10-3-1-2-6-4-9-5-7(6)10/h6-7,9H,1-5H2,(H2,8,11,12). The minimum Gasteiger partial charge on any atom is -0.315 e. The third-order valence-electron chi connectivity index (χ3n) is 2.95. The van der Waals surface area contributed by atoms with Crippen molar-refractivity contribution in [3.63, 3.8) is 0 Å². The first-order valence-electron chi connectivity index (χ1n) is 4.59. The van der Waals surface area contributed by atoms with Crippen molar-refractivity contribution in [3.05, 3.63) is 0 Å². The maximum Gasteiger partial charge on any atom is 0.277 e. The van der Waals surface area contributed by atoms with Crippen LogP contribution < -0.4 is 10.5 Å². The van der Waals surface area contributed by atoms with Gasteiger partial charge in [-0.25, -0.2) is 5.14 Å². The summed E-state index contributed by atoms with van der Waals surface area (Å²) in [7, 11) is -3.49. The van der Waals surface area contributed by atoms with Crippen LogP contribution in [0.25, 0.3) is 0 Å². The highest BCUT2D eigenvalue weighted by Gasteiger charge is 2.39. The average Bonchev–Trinajstić information content (AvgIpc) is 2.48. The Morgan fingerprint density at radius 3 is 2.85 bits per heavy atom. The Kier molecular flexibility index (Phi) is 2.31. The molecule has 0 saturated carbocycles. The van der Waals surface area contributed by atoms with Crippen molar-refractivity contribution >= 4 is 10.2 Å². The lowest BCUT2D eigenvalue weighted by Gasteiger charge is -2.34. The van der Waals surface area contributed by atoms with Crippen LogP contribution in [0.5, 0.6) is 0 Å². The predicted molar refractivity (Wildman–Crippen MR) is 49.2 cm³/mol. The molecule has 0 spiro atoms. The largest absolute Gasteiger partial charge is 0.315 e. The van der Waals surface area contributed by atoms with Gasteiger partial charge in [-0.2, -0.15) is 12.7 Å². The summed E-state index contributed by atoms with van der Waals surface area (Å²) in [6.07, 6.45) is 2.04. The number of nitrogens with zero attached hydrogens (tertiary/aromatic N) is 1. The van der Waals surface area contributed by atoms with Crippen molar-refractivity contribution < 1.29 is 8.42 Å². The van der Waals surface area contributed by atoms with Crippen LogP contribution in [0.1, 0.15) is 12.8 Å². The van der Waals surface area contributed by atoms with E-state index in [9.17, 15) is 8.42 Å². The van der Waals surface area contributed by atoms with Crippen LogP contribution in [-0.2, 0) is 10.2 Å². The second-order valence-corrected chi connectivity index (χ2v) is 5.28. The number of piperidine rings is 1. The van der Waals surface area contributed by atoms with Gasteiger partial charge in [-0.3, -0.25) is 0 Å². The number of hydrogen-bond acceptors (Lipinski definition) is 3. The van der Waals surface area contributed by atoms with E-state index in [0.29, 0.717) is 12.5 Å². The fourth-order valence-corrected chi connectivity index (χ4v) is 3.35. The summed E-state index contributed by atoms with van der Waals surface area (Å²) >= 11 is 0. The normalized spacial score (nSPS) is 36.1. The van der Waals surface area contributed by atoms with Crippen molar-refractivity contribution in [2.24, 2.45) is 11.1 Å². The van der Waals surface area contributed by atoms with Gasteiger partial charge < -0.3 is 5.32 Å². The van der Waals surface area contributed by atoms with Crippen LogP contribution >= 0.6 is 0 Å². The molecule has 2 aliphatic heterocycles. The van der Waals surface area contributed by atoms with Crippen molar-refractivity contribution in [2.45, 2.75) is 18.9 Å². The molecule has 2 fully saturated rings. The Morgan fingerprint density at radius 1 is 1.38 bits per heavy atom. The zero-order valence-corrected chi connectivity index (χ0v) is 8.26. The molecule has 0 aromatic rings. The summed E-state index contributed by atoms with van der Waals surface area (Å²) in [6, 6.07) is 0.101. The number of nitrogens with two attached hydrogens (primary N) is 1. The van der Waals surface area contributed by atoms with E-state index in [2.05, 4.69) is 5.32 Å². The fourth-order valence-electron chi connectivity index (χ4n) is 2.34. The van der Waals surface area contributed by atoms with Gasteiger partial charge >= 0.3 is 0 Å². The molecule has 0 aromatic heterocycles. The molecule has 3 N–H and O–H groups in total. The zero-order chi connectivity index (χ0) is 9.47. The highest BCUT2D eigenvalue weighted by atomic mass is 32.2. The second kappa shape index (κ2) is 3.20. The van der Waals surface area contributed by atoms with Crippen LogP contribution in [-0.4, -0.2) is 38.4 Å². The van der Waals surface area contributed by atoms with Gasteiger partial charge in [-0.05, 0) is 25.3 Å². The van der Waals surface area contributed by atoms with E-state index in [0.717, 1.165) is 25.9 Å². The lowest BCUT2D eigenvalue weighted by atomic mass is 9.94. The lowest BCUT2D eigenvalue weighted by molar-refractivity contribution is 0.217. The summed E-state index contributed by atoms with van der Waals surface area (Å²) in [5.74, 6) is 0.465. The predicted octanol–water partition coefficient (Wildman–Crippen LogP) is -1.13. The Hall–Kier alpha value is -0.170. The van der Waals surface area contributed by atoms with Crippen molar-refractivity contribution in [2.75, 3.05) is 19.6 Å². The van der Waals surface area contributed by atoms with Crippen LogP contribution in [0.3, 0.4) is 0 Å². The van der Waals surface area contributed by atoms with E-state index >= 15 is 0 Å². The summed E-state index contributed by atoms with van der Waals surface area (Å²) in [5.41, 5.74) is 0. The van der Waals surface area contributed by atoms with E-state index < -0.39 is 10.2 Å². The maximum absolute atomic E-state index is 11.2. The topological polar surface area (TPSA) is 75.4 Å².